The van der Waals surface area contributed by atoms with Gasteiger partial charge in [0.05, 0.1) is 49.9 Å². The highest BCUT2D eigenvalue weighted by atomic mass is 35.5. The predicted octanol–water partition coefficient (Wildman–Crippen LogP) is 6.42. The Labute approximate surface area is 310 Å². The van der Waals surface area contributed by atoms with E-state index in [1.165, 1.54) is 11.1 Å². The van der Waals surface area contributed by atoms with Gasteiger partial charge in [-0.25, -0.2) is 21.9 Å². The summed E-state index contributed by atoms with van der Waals surface area (Å²) in [6.45, 7) is 5.66. The number of alkyl halides is 2. The van der Waals surface area contributed by atoms with Crippen LogP contribution in [0.15, 0.2) is 36.4 Å². The zero-order chi connectivity index (χ0) is 36.4. The number of rotatable bonds is 2. The fraction of sp³-hybridized carbons (Fsp3) is 0.667. The molecule has 1 spiro atoms. The number of fused-ring (bicyclic) bond motifs is 4. The molecule has 2 aliphatic carbocycles. The van der Waals surface area contributed by atoms with Crippen molar-refractivity contribution in [1.29, 1.82) is 0 Å². The van der Waals surface area contributed by atoms with Gasteiger partial charge in [-0.3, -0.25) is 9.69 Å². The van der Waals surface area contributed by atoms with E-state index >= 15 is 0 Å². The number of nitrogens with zero attached hydrogens (tertiary/aromatic N) is 2. The van der Waals surface area contributed by atoms with E-state index in [9.17, 15) is 22.0 Å². The average molecular weight is 762 g/mol. The SMILES string of the molecule is C[C@@H]1[C@@H](C)CCC[C@H]([C@H]2OC[C@H](N3CC(F)(F)C3)CO2)[C@@H]2CC[C@H]2CN2C[C@@]3(CCCc4cc(Cl)ccc43)COc3ccc(cc32)C(=O)NS1(=O)=O. The Morgan fingerprint density at radius 2 is 1.73 bits per heavy atom. The fourth-order valence-corrected chi connectivity index (χ4v) is 11.2. The van der Waals surface area contributed by atoms with Gasteiger partial charge in [0, 0.05) is 35.0 Å². The number of carbonyl (C=O) groups excluding carboxylic acids is 1. The zero-order valence-corrected chi connectivity index (χ0v) is 31.6. The number of carbonyl (C=O) groups is 1. The van der Waals surface area contributed by atoms with Gasteiger partial charge >= 0.3 is 0 Å². The second-order valence-corrected chi connectivity index (χ2v) is 19.0. The summed E-state index contributed by atoms with van der Waals surface area (Å²) in [5, 5.41) is -0.0603. The van der Waals surface area contributed by atoms with Crippen LogP contribution in [0.4, 0.5) is 14.5 Å². The molecule has 2 aromatic rings. The van der Waals surface area contributed by atoms with E-state index in [2.05, 4.69) is 21.8 Å². The molecule has 284 valence electrons. The van der Waals surface area contributed by atoms with Crippen molar-refractivity contribution in [2.24, 2.45) is 23.7 Å². The topological polar surface area (TPSA) is 97.4 Å². The Balaban J connectivity index is 1.13. The molecule has 0 radical (unpaired) electrons. The van der Waals surface area contributed by atoms with Crippen molar-refractivity contribution in [3.8, 4) is 5.75 Å². The molecular formula is C39H50ClF2N3O6S. The minimum absolute atomic E-state index is 0.0739. The molecule has 2 bridgehead atoms. The lowest BCUT2D eigenvalue weighted by Crippen LogP contribution is -2.63. The van der Waals surface area contributed by atoms with Crippen molar-refractivity contribution in [3.63, 3.8) is 0 Å². The van der Waals surface area contributed by atoms with Crippen LogP contribution in [0.1, 0.15) is 80.3 Å². The monoisotopic (exact) mass is 761 g/mol. The first kappa shape index (κ1) is 36.5. The van der Waals surface area contributed by atoms with Crippen molar-refractivity contribution in [2.75, 3.05) is 50.9 Å². The Morgan fingerprint density at radius 1 is 0.942 bits per heavy atom. The fourth-order valence-electron chi connectivity index (χ4n) is 9.74. The van der Waals surface area contributed by atoms with Crippen molar-refractivity contribution in [2.45, 2.75) is 94.1 Å². The van der Waals surface area contributed by atoms with E-state index in [4.69, 9.17) is 25.8 Å². The number of amides is 1. The maximum Gasteiger partial charge on any atom is 0.272 e. The number of hydrogen-bond donors (Lipinski definition) is 1. The molecular weight excluding hydrogens is 712 g/mol. The molecule has 4 aliphatic heterocycles. The van der Waals surface area contributed by atoms with Crippen LogP contribution >= 0.6 is 11.6 Å². The predicted molar refractivity (Wildman–Crippen MR) is 195 cm³/mol. The van der Waals surface area contributed by atoms with E-state index in [0.29, 0.717) is 50.4 Å². The molecule has 0 aromatic heterocycles. The summed E-state index contributed by atoms with van der Waals surface area (Å²) in [6, 6.07) is 11.2. The molecule has 1 saturated carbocycles. The lowest BCUT2D eigenvalue weighted by atomic mass is 9.64. The minimum Gasteiger partial charge on any atom is -0.490 e. The summed E-state index contributed by atoms with van der Waals surface area (Å²) in [7, 11) is -3.96. The summed E-state index contributed by atoms with van der Waals surface area (Å²) in [6.07, 6.45) is 6.74. The summed E-state index contributed by atoms with van der Waals surface area (Å²) in [5.41, 5.74) is 3.25. The summed E-state index contributed by atoms with van der Waals surface area (Å²) < 4.78 is 76.1. The van der Waals surface area contributed by atoms with Crippen LogP contribution in [0, 0.1) is 23.7 Å². The van der Waals surface area contributed by atoms with Gasteiger partial charge in [0.2, 0.25) is 10.0 Å². The largest absolute Gasteiger partial charge is 0.490 e. The highest BCUT2D eigenvalue weighted by Gasteiger charge is 2.50. The first-order valence-corrected chi connectivity index (χ1v) is 20.9. The molecule has 3 fully saturated rings. The van der Waals surface area contributed by atoms with Crippen molar-refractivity contribution >= 4 is 33.2 Å². The average Bonchev–Trinajstić information content (AvgIpc) is 3.24. The van der Waals surface area contributed by atoms with Crippen LogP contribution in [-0.4, -0.2) is 88.7 Å². The van der Waals surface area contributed by atoms with Crippen molar-refractivity contribution in [3.05, 3.63) is 58.1 Å². The lowest BCUT2D eigenvalue weighted by Gasteiger charge is -2.50. The molecule has 6 aliphatic rings. The Morgan fingerprint density at radius 3 is 2.46 bits per heavy atom. The minimum atomic E-state index is -3.96. The molecule has 1 N–H and O–H groups in total. The third-order valence-electron chi connectivity index (χ3n) is 13.1. The first-order chi connectivity index (χ1) is 24.8. The van der Waals surface area contributed by atoms with Gasteiger partial charge in [-0.05, 0) is 111 Å². The molecule has 8 rings (SSSR count). The van der Waals surface area contributed by atoms with Crippen LogP contribution in [-0.2, 0) is 31.3 Å². The number of likely N-dealkylation sites (tertiary alicyclic amines) is 1. The van der Waals surface area contributed by atoms with E-state index in [-0.39, 0.29) is 41.9 Å². The lowest BCUT2D eigenvalue weighted by molar-refractivity contribution is -0.260. The Hall–Kier alpha value is -2.51. The number of sulfonamides is 1. The molecule has 52 heavy (non-hydrogen) atoms. The second-order valence-electron chi connectivity index (χ2n) is 16.5. The first-order valence-electron chi connectivity index (χ1n) is 19.0. The van der Waals surface area contributed by atoms with Gasteiger partial charge in [0.15, 0.2) is 6.29 Å². The smallest absolute Gasteiger partial charge is 0.272 e. The van der Waals surface area contributed by atoms with Crippen molar-refractivity contribution < 1.29 is 36.2 Å². The van der Waals surface area contributed by atoms with Crippen LogP contribution in [0.25, 0.3) is 0 Å². The van der Waals surface area contributed by atoms with Gasteiger partial charge < -0.3 is 19.1 Å². The highest BCUT2D eigenvalue weighted by Crippen LogP contribution is 2.49. The summed E-state index contributed by atoms with van der Waals surface area (Å²) in [4.78, 5) is 17.7. The number of aryl methyl sites for hydroxylation is 1. The number of halogens is 3. The second kappa shape index (κ2) is 14.0. The van der Waals surface area contributed by atoms with E-state index < -0.39 is 33.4 Å². The van der Waals surface area contributed by atoms with Crippen LogP contribution < -0.4 is 14.4 Å². The summed E-state index contributed by atoms with van der Waals surface area (Å²) >= 11 is 6.46. The van der Waals surface area contributed by atoms with E-state index in [1.54, 1.807) is 30.0 Å². The number of hydrogen-bond acceptors (Lipinski definition) is 8. The number of ether oxygens (including phenoxy) is 3. The highest BCUT2D eigenvalue weighted by molar-refractivity contribution is 7.90. The number of benzene rings is 2. The van der Waals surface area contributed by atoms with Gasteiger partial charge in [-0.1, -0.05) is 31.0 Å². The van der Waals surface area contributed by atoms with Gasteiger partial charge in [0.25, 0.3) is 11.8 Å². The third-order valence-corrected chi connectivity index (χ3v) is 15.3. The quantitative estimate of drug-likeness (QED) is 0.375. The summed E-state index contributed by atoms with van der Waals surface area (Å²) in [5.74, 6) is -2.11. The van der Waals surface area contributed by atoms with Gasteiger partial charge in [0.1, 0.15) is 5.75 Å². The van der Waals surface area contributed by atoms with E-state index in [0.717, 1.165) is 62.2 Å². The van der Waals surface area contributed by atoms with Crippen molar-refractivity contribution in [1.82, 2.24) is 9.62 Å². The zero-order valence-electron chi connectivity index (χ0n) is 30.0. The maximum atomic E-state index is 13.6. The molecule has 13 heteroatoms. The van der Waals surface area contributed by atoms with Gasteiger partial charge in [-0.15, -0.1) is 0 Å². The molecule has 2 saturated heterocycles. The van der Waals surface area contributed by atoms with Crippen LogP contribution in [0.2, 0.25) is 5.02 Å². The molecule has 9 nitrogen and oxygen atoms in total. The third kappa shape index (κ3) is 6.95. The molecule has 6 atom stereocenters. The Bertz CT molecular complexity index is 1780. The number of anilines is 1. The molecule has 2 aromatic carbocycles. The normalized spacial score (nSPS) is 36.2. The molecule has 4 heterocycles. The number of nitrogens with one attached hydrogen (secondary N) is 1. The Kier molecular flexibility index (Phi) is 9.79. The molecule has 0 unspecified atom stereocenters. The van der Waals surface area contributed by atoms with Gasteiger partial charge in [-0.2, -0.15) is 0 Å². The standard InChI is InChI=1S/C39H50ClF2N3O6S/c1-24-5-3-7-32(37-49-18-30(19-50-37)45-21-39(41,42)22-45)31-11-8-28(31)17-44-20-38(14-4-6-26-15-29(40)10-12-33(26)38)23-51-35-13-9-27(16-34(35)44)36(46)43-52(47,48)25(24)2/h9-10,12-13,15-16,24-25,28,30-32,37H,3-8,11,14,17-23H2,1-2H3,(H,43,46)/t24-,25+,28-,30-,31+,32-,37-,38-/m0/s1. The van der Waals surface area contributed by atoms with E-state index in [1.807, 2.05) is 13.0 Å². The molecule has 1 amide bonds. The van der Waals surface area contributed by atoms with Crippen LogP contribution in [0.5, 0.6) is 5.75 Å². The van der Waals surface area contributed by atoms with Crippen LogP contribution in [0.3, 0.4) is 0 Å². The maximum absolute atomic E-state index is 13.6.